The average Bonchev–Trinajstić information content (AvgIpc) is 3.15. The Morgan fingerprint density at radius 1 is 1.23 bits per heavy atom. The van der Waals surface area contributed by atoms with Crippen molar-refractivity contribution in [2.45, 2.75) is 38.2 Å². The summed E-state index contributed by atoms with van der Waals surface area (Å²) < 4.78 is 11.2. The molecule has 0 saturated carbocycles. The number of rotatable bonds is 10. The number of nitrogens with zero attached hydrogens (tertiary/aromatic N) is 2. The van der Waals surface area contributed by atoms with Crippen molar-refractivity contribution in [3.05, 3.63) is 35.9 Å². The fourth-order valence-electron chi connectivity index (χ4n) is 3.95. The molecule has 2 N–H and O–H groups in total. The van der Waals surface area contributed by atoms with Crippen molar-refractivity contribution >= 4 is 11.9 Å². The fraction of sp³-hybridized carbons (Fsp3) is 0.652. The molecule has 0 radical (unpaired) electrons. The van der Waals surface area contributed by atoms with Gasteiger partial charge in [-0.3, -0.25) is 9.79 Å². The highest BCUT2D eigenvalue weighted by atomic mass is 16.5. The van der Waals surface area contributed by atoms with Gasteiger partial charge in [-0.1, -0.05) is 30.3 Å². The van der Waals surface area contributed by atoms with Gasteiger partial charge in [-0.2, -0.15) is 0 Å². The van der Waals surface area contributed by atoms with E-state index in [1.165, 1.54) is 5.56 Å². The Labute approximate surface area is 180 Å². The van der Waals surface area contributed by atoms with Crippen LogP contribution in [0.25, 0.3) is 0 Å². The Morgan fingerprint density at radius 3 is 2.80 bits per heavy atom. The van der Waals surface area contributed by atoms with Crippen LogP contribution in [-0.4, -0.2) is 75.9 Å². The van der Waals surface area contributed by atoms with Gasteiger partial charge in [-0.05, 0) is 31.2 Å². The van der Waals surface area contributed by atoms with Crippen LogP contribution in [0.4, 0.5) is 0 Å². The minimum absolute atomic E-state index is 0.255. The summed E-state index contributed by atoms with van der Waals surface area (Å²) in [6, 6.07) is 10.3. The molecule has 7 heteroatoms. The summed E-state index contributed by atoms with van der Waals surface area (Å²) >= 11 is 0. The van der Waals surface area contributed by atoms with Gasteiger partial charge in [0, 0.05) is 65.4 Å². The highest BCUT2D eigenvalue weighted by molar-refractivity contribution is 5.80. The van der Waals surface area contributed by atoms with Crippen molar-refractivity contribution in [2.75, 3.05) is 53.0 Å². The summed E-state index contributed by atoms with van der Waals surface area (Å²) in [7, 11) is 1.78. The van der Waals surface area contributed by atoms with Crippen LogP contribution < -0.4 is 10.6 Å². The van der Waals surface area contributed by atoms with E-state index in [9.17, 15) is 4.79 Å². The van der Waals surface area contributed by atoms with E-state index in [-0.39, 0.29) is 5.91 Å². The molecule has 1 aromatic carbocycles. The van der Waals surface area contributed by atoms with Gasteiger partial charge >= 0.3 is 0 Å². The molecule has 1 unspecified atom stereocenters. The van der Waals surface area contributed by atoms with Crippen LogP contribution in [0.5, 0.6) is 0 Å². The van der Waals surface area contributed by atoms with E-state index in [2.05, 4.69) is 27.8 Å². The Morgan fingerprint density at radius 2 is 2.03 bits per heavy atom. The van der Waals surface area contributed by atoms with Gasteiger partial charge in [0.2, 0.25) is 5.91 Å². The molecule has 2 fully saturated rings. The second-order valence-electron chi connectivity index (χ2n) is 8.06. The van der Waals surface area contributed by atoms with E-state index >= 15 is 0 Å². The van der Waals surface area contributed by atoms with E-state index < -0.39 is 0 Å². The van der Waals surface area contributed by atoms with Gasteiger partial charge in [0.05, 0.1) is 6.10 Å². The van der Waals surface area contributed by atoms with E-state index in [0.717, 1.165) is 77.6 Å². The molecule has 2 saturated heterocycles. The number of ether oxygens (including phenoxy) is 2. The highest BCUT2D eigenvalue weighted by Crippen LogP contribution is 2.17. The average molecular weight is 417 g/mol. The molecule has 30 heavy (non-hydrogen) atoms. The third-order valence-corrected chi connectivity index (χ3v) is 5.73. The van der Waals surface area contributed by atoms with Gasteiger partial charge in [0.25, 0.3) is 0 Å². The van der Waals surface area contributed by atoms with Crippen LogP contribution in [0.2, 0.25) is 0 Å². The maximum Gasteiger partial charge on any atom is 0.223 e. The molecule has 2 aliphatic heterocycles. The van der Waals surface area contributed by atoms with Gasteiger partial charge in [0.15, 0.2) is 5.96 Å². The summed E-state index contributed by atoms with van der Waals surface area (Å²) in [5, 5.41) is 6.71. The second-order valence-corrected chi connectivity index (χ2v) is 8.06. The first-order valence-corrected chi connectivity index (χ1v) is 11.2. The van der Waals surface area contributed by atoms with Crippen LogP contribution in [-0.2, 0) is 20.7 Å². The lowest BCUT2D eigenvalue weighted by molar-refractivity contribution is -0.127. The summed E-state index contributed by atoms with van der Waals surface area (Å²) in [5.41, 5.74) is 1.28. The topological polar surface area (TPSA) is 75.2 Å². The summed E-state index contributed by atoms with van der Waals surface area (Å²) in [5.74, 6) is 1.37. The maximum absolute atomic E-state index is 12.3. The lowest BCUT2D eigenvalue weighted by Gasteiger charge is -2.22. The molecule has 1 atom stereocenters. The number of hydrogen-bond donors (Lipinski definition) is 2. The number of benzene rings is 1. The lowest BCUT2D eigenvalue weighted by Crippen LogP contribution is -2.41. The van der Waals surface area contributed by atoms with E-state index in [4.69, 9.17) is 9.47 Å². The van der Waals surface area contributed by atoms with Crippen LogP contribution in [0.3, 0.4) is 0 Å². The zero-order chi connectivity index (χ0) is 21.0. The van der Waals surface area contributed by atoms with Crippen molar-refractivity contribution in [2.24, 2.45) is 10.9 Å². The van der Waals surface area contributed by atoms with Crippen molar-refractivity contribution < 1.29 is 14.3 Å². The van der Waals surface area contributed by atoms with Crippen LogP contribution in [0.15, 0.2) is 35.3 Å². The van der Waals surface area contributed by atoms with Crippen LogP contribution in [0, 0.1) is 5.92 Å². The summed E-state index contributed by atoms with van der Waals surface area (Å²) in [4.78, 5) is 18.6. The van der Waals surface area contributed by atoms with Crippen LogP contribution in [0.1, 0.15) is 31.2 Å². The molecule has 1 aromatic rings. The molecule has 3 rings (SSSR count). The van der Waals surface area contributed by atoms with E-state index in [1.54, 1.807) is 7.05 Å². The van der Waals surface area contributed by atoms with E-state index in [1.807, 2.05) is 23.1 Å². The van der Waals surface area contributed by atoms with Gasteiger partial charge in [-0.15, -0.1) is 0 Å². The number of guanidine groups is 1. The first-order chi connectivity index (χ1) is 14.7. The molecule has 1 amide bonds. The van der Waals surface area contributed by atoms with Crippen molar-refractivity contribution in [3.63, 3.8) is 0 Å². The zero-order valence-corrected chi connectivity index (χ0v) is 18.1. The molecular weight excluding hydrogens is 380 g/mol. The van der Waals surface area contributed by atoms with Crippen molar-refractivity contribution in [3.8, 4) is 0 Å². The number of nitrogens with one attached hydrogen (secondary N) is 2. The summed E-state index contributed by atoms with van der Waals surface area (Å²) in [6.07, 6.45) is 4.80. The quantitative estimate of drug-likeness (QED) is 0.346. The predicted octanol–water partition coefficient (Wildman–Crippen LogP) is 1.83. The smallest absolute Gasteiger partial charge is 0.223 e. The maximum atomic E-state index is 12.3. The van der Waals surface area contributed by atoms with Crippen molar-refractivity contribution in [1.82, 2.24) is 15.5 Å². The predicted molar refractivity (Wildman–Crippen MR) is 119 cm³/mol. The van der Waals surface area contributed by atoms with Crippen molar-refractivity contribution in [1.29, 1.82) is 0 Å². The largest absolute Gasteiger partial charge is 0.381 e. The molecule has 0 spiro atoms. The standard InChI is InChI=1S/C23H36N4O3/c1-24-23(25-11-5-13-30-21-9-14-29-15-10-21)26-17-20-16-22(28)27(18-20)12-8-19-6-3-2-4-7-19/h2-4,6-7,20-21H,5,8-18H2,1H3,(H2,24,25,26). The molecule has 0 aromatic heterocycles. The van der Waals surface area contributed by atoms with Gasteiger partial charge < -0.3 is 25.0 Å². The third kappa shape index (κ3) is 7.61. The Hall–Kier alpha value is -2.12. The van der Waals surface area contributed by atoms with Crippen LogP contribution >= 0.6 is 0 Å². The monoisotopic (exact) mass is 416 g/mol. The first-order valence-electron chi connectivity index (χ1n) is 11.2. The van der Waals surface area contributed by atoms with E-state index in [0.29, 0.717) is 18.4 Å². The van der Waals surface area contributed by atoms with Gasteiger partial charge in [0.1, 0.15) is 0 Å². The normalized spacial score (nSPS) is 20.6. The molecule has 2 aliphatic rings. The second kappa shape index (κ2) is 12.5. The minimum atomic E-state index is 0.255. The lowest BCUT2D eigenvalue weighted by atomic mass is 10.1. The fourth-order valence-corrected chi connectivity index (χ4v) is 3.95. The Balaban J connectivity index is 1.27. The Kier molecular flexibility index (Phi) is 9.44. The number of carbonyl (C=O) groups is 1. The molecule has 7 nitrogen and oxygen atoms in total. The zero-order valence-electron chi connectivity index (χ0n) is 18.1. The molecule has 0 aliphatic carbocycles. The number of aliphatic imine (C=N–C) groups is 1. The third-order valence-electron chi connectivity index (χ3n) is 5.73. The molecule has 2 heterocycles. The number of hydrogen-bond acceptors (Lipinski definition) is 4. The number of carbonyl (C=O) groups excluding carboxylic acids is 1. The molecular formula is C23H36N4O3. The molecule has 0 bridgehead atoms. The number of likely N-dealkylation sites (tertiary alicyclic amines) is 1. The summed E-state index contributed by atoms with van der Waals surface area (Å²) in [6.45, 7) is 5.55. The molecule has 166 valence electrons. The first kappa shape index (κ1) is 22.6. The highest BCUT2D eigenvalue weighted by Gasteiger charge is 2.29. The Bertz CT molecular complexity index is 662. The SMILES string of the molecule is CN=C(NCCCOC1CCOCC1)NCC1CC(=O)N(CCc2ccccc2)C1. The minimum Gasteiger partial charge on any atom is -0.381 e. The number of amides is 1. The van der Waals surface area contributed by atoms with Gasteiger partial charge in [-0.25, -0.2) is 0 Å².